The quantitative estimate of drug-likeness (QED) is 0.610. The number of benzene rings is 1. The van der Waals surface area contributed by atoms with Crippen LogP contribution in [-0.2, 0) is 4.79 Å². The highest BCUT2D eigenvalue weighted by atomic mass is 35.5. The summed E-state index contributed by atoms with van der Waals surface area (Å²) in [5, 5.41) is 11.8. The van der Waals surface area contributed by atoms with Gasteiger partial charge in [-0.2, -0.15) is 0 Å². The Morgan fingerprint density at radius 2 is 2.22 bits per heavy atom. The van der Waals surface area contributed by atoms with Crippen LogP contribution in [0.3, 0.4) is 0 Å². The van der Waals surface area contributed by atoms with E-state index in [1.807, 2.05) is 13.8 Å². The number of ether oxygens (including phenoxy) is 1. The van der Waals surface area contributed by atoms with E-state index < -0.39 is 0 Å². The number of halogens is 1. The molecule has 2 aromatic rings. The van der Waals surface area contributed by atoms with Gasteiger partial charge in [0, 0.05) is 10.9 Å². The lowest BCUT2D eigenvalue weighted by molar-refractivity contribution is -0.113. The number of carbonyl (C=O) groups is 1. The number of nitrogens with zero attached hydrogens (tertiary/aromatic N) is 3. The van der Waals surface area contributed by atoms with E-state index in [1.54, 1.807) is 18.2 Å². The number of nitrogens with two attached hydrogens (primary N) is 1. The van der Waals surface area contributed by atoms with E-state index in [2.05, 4.69) is 15.5 Å². The van der Waals surface area contributed by atoms with E-state index in [0.29, 0.717) is 27.4 Å². The SMILES string of the molecule is COc1ccc(Cl)cc1NC(=O)CSc1nnc(C(C)C)n1N. The summed E-state index contributed by atoms with van der Waals surface area (Å²) in [6.45, 7) is 3.94. The number of aromatic nitrogens is 3. The predicted molar refractivity (Wildman–Crippen MR) is 91.6 cm³/mol. The third-order valence-electron chi connectivity index (χ3n) is 2.98. The van der Waals surface area contributed by atoms with Crippen LogP contribution in [0.4, 0.5) is 5.69 Å². The van der Waals surface area contributed by atoms with E-state index in [1.165, 1.54) is 23.5 Å². The van der Waals surface area contributed by atoms with Crippen molar-refractivity contribution in [3.63, 3.8) is 0 Å². The minimum Gasteiger partial charge on any atom is -0.495 e. The summed E-state index contributed by atoms with van der Waals surface area (Å²) in [5.74, 6) is 7.20. The molecular formula is C14H18ClN5O2S. The van der Waals surface area contributed by atoms with Crippen molar-refractivity contribution in [3.05, 3.63) is 29.0 Å². The Balaban J connectivity index is 2.00. The van der Waals surface area contributed by atoms with E-state index >= 15 is 0 Å². The number of anilines is 1. The first-order valence-corrected chi connectivity index (χ1v) is 8.25. The second-order valence-corrected chi connectivity index (χ2v) is 6.43. The number of carbonyl (C=O) groups excluding carboxylic acids is 1. The molecule has 0 aliphatic rings. The molecule has 23 heavy (non-hydrogen) atoms. The van der Waals surface area contributed by atoms with Gasteiger partial charge in [0.15, 0.2) is 5.82 Å². The van der Waals surface area contributed by atoms with E-state index in [0.717, 1.165) is 0 Å². The summed E-state index contributed by atoms with van der Waals surface area (Å²) in [4.78, 5) is 12.1. The van der Waals surface area contributed by atoms with Gasteiger partial charge in [0.25, 0.3) is 0 Å². The fourth-order valence-electron chi connectivity index (χ4n) is 1.87. The maximum atomic E-state index is 12.1. The fourth-order valence-corrected chi connectivity index (χ4v) is 2.71. The third kappa shape index (κ3) is 4.29. The summed E-state index contributed by atoms with van der Waals surface area (Å²) in [7, 11) is 1.53. The lowest BCUT2D eigenvalue weighted by Gasteiger charge is -2.10. The van der Waals surface area contributed by atoms with Crippen molar-refractivity contribution >= 4 is 35.0 Å². The summed E-state index contributed by atoms with van der Waals surface area (Å²) >= 11 is 7.14. The normalized spacial score (nSPS) is 10.8. The monoisotopic (exact) mass is 355 g/mol. The summed E-state index contributed by atoms with van der Waals surface area (Å²) in [6.07, 6.45) is 0. The maximum Gasteiger partial charge on any atom is 0.234 e. The molecule has 0 aliphatic carbocycles. The predicted octanol–water partition coefficient (Wildman–Crippen LogP) is 2.51. The molecule has 0 fully saturated rings. The molecule has 0 spiro atoms. The zero-order valence-electron chi connectivity index (χ0n) is 13.0. The first-order chi connectivity index (χ1) is 10.9. The van der Waals surface area contributed by atoms with Crippen molar-refractivity contribution in [2.75, 3.05) is 24.0 Å². The number of nitrogen functional groups attached to an aromatic ring is 1. The minimum atomic E-state index is -0.218. The summed E-state index contributed by atoms with van der Waals surface area (Å²) in [5.41, 5.74) is 0.516. The van der Waals surface area contributed by atoms with Crippen molar-refractivity contribution < 1.29 is 9.53 Å². The lowest BCUT2D eigenvalue weighted by atomic mass is 10.2. The van der Waals surface area contributed by atoms with Gasteiger partial charge in [-0.15, -0.1) is 10.2 Å². The number of methoxy groups -OCH3 is 1. The molecule has 9 heteroatoms. The molecule has 0 radical (unpaired) electrons. The molecular weight excluding hydrogens is 338 g/mol. The zero-order chi connectivity index (χ0) is 17.0. The number of amides is 1. The molecule has 0 aliphatic heterocycles. The molecule has 0 saturated heterocycles. The molecule has 1 heterocycles. The number of hydrogen-bond acceptors (Lipinski definition) is 6. The largest absolute Gasteiger partial charge is 0.495 e. The van der Waals surface area contributed by atoms with E-state index in [-0.39, 0.29) is 17.6 Å². The van der Waals surface area contributed by atoms with Gasteiger partial charge in [-0.05, 0) is 18.2 Å². The van der Waals surface area contributed by atoms with Crippen molar-refractivity contribution in [2.45, 2.75) is 24.9 Å². The van der Waals surface area contributed by atoms with Gasteiger partial charge in [-0.1, -0.05) is 37.2 Å². The van der Waals surface area contributed by atoms with Gasteiger partial charge >= 0.3 is 0 Å². The molecule has 1 aromatic heterocycles. The summed E-state index contributed by atoms with van der Waals surface area (Å²) in [6, 6.07) is 5.01. The lowest BCUT2D eigenvalue weighted by Crippen LogP contribution is -2.18. The molecule has 0 bridgehead atoms. The zero-order valence-corrected chi connectivity index (χ0v) is 14.6. The first kappa shape index (κ1) is 17.4. The smallest absolute Gasteiger partial charge is 0.234 e. The topological polar surface area (TPSA) is 95.1 Å². The van der Waals surface area contributed by atoms with Gasteiger partial charge in [0.05, 0.1) is 18.6 Å². The Hall–Kier alpha value is -1.93. The number of nitrogens with one attached hydrogen (secondary N) is 1. The first-order valence-electron chi connectivity index (χ1n) is 6.89. The highest BCUT2D eigenvalue weighted by molar-refractivity contribution is 7.99. The Kier molecular flexibility index (Phi) is 5.73. The number of thioether (sulfide) groups is 1. The van der Waals surface area contributed by atoms with Gasteiger partial charge in [-0.3, -0.25) is 4.79 Å². The highest BCUT2D eigenvalue weighted by Crippen LogP contribution is 2.28. The van der Waals surface area contributed by atoms with Crippen LogP contribution in [0.15, 0.2) is 23.4 Å². The van der Waals surface area contributed by atoms with Crippen LogP contribution in [0.5, 0.6) is 5.75 Å². The molecule has 7 nitrogen and oxygen atoms in total. The Labute approximate surface area is 143 Å². The average Bonchev–Trinajstić information content (AvgIpc) is 2.86. The fraction of sp³-hybridized carbons (Fsp3) is 0.357. The van der Waals surface area contributed by atoms with Crippen molar-refractivity contribution in [1.29, 1.82) is 0 Å². The highest BCUT2D eigenvalue weighted by Gasteiger charge is 2.15. The average molecular weight is 356 g/mol. The standard InChI is InChI=1S/C14H18ClN5O2S/c1-8(2)13-18-19-14(20(13)16)23-7-12(21)17-10-6-9(15)4-5-11(10)22-3/h4-6,8H,7,16H2,1-3H3,(H,17,21). The minimum absolute atomic E-state index is 0.142. The van der Waals surface area contributed by atoms with Crippen molar-refractivity contribution in [3.8, 4) is 5.75 Å². The van der Waals surface area contributed by atoms with Gasteiger partial charge in [0.1, 0.15) is 5.75 Å². The second kappa shape index (κ2) is 7.56. The van der Waals surface area contributed by atoms with E-state index in [4.69, 9.17) is 22.2 Å². The van der Waals surface area contributed by atoms with Crippen LogP contribution in [0.25, 0.3) is 0 Å². The van der Waals surface area contributed by atoms with E-state index in [9.17, 15) is 4.79 Å². The van der Waals surface area contributed by atoms with Gasteiger partial charge < -0.3 is 15.9 Å². The molecule has 3 N–H and O–H groups in total. The van der Waals surface area contributed by atoms with Crippen LogP contribution in [0.1, 0.15) is 25.6 Å². The maximum absolute atomic E-state index is 12.1. The Morgan fingerprint density at radius 3 is 2.83 bits per heavy atom. The molecule has 0 saturated carbocycles. The van der Waals surface area contributed by atoms with Crippen LogP contribution in [0, 0.1) is 0 Å². The van der Waals surface area contributed by atoms with Crippen LogP contribution in [-0.4, -0.2) is 33.6 Å². The van der Waals surface area contributed by atoms with Crippen molar-refractivity contribution in [1.82, 2.24) is 14.9 Å². The van der Waals surface area contributed by atoms with Gasteiger partial charge in [0.2, 0.25) is 11.1 Å². The van der Waals surface area contributed by atoms with Gasteiger partial charge in [-0.25, -0.2) is 4.68 Å². The molecule has 124 valence electrons. The van der Waals surface area contributed by atoms with Crippen molar-refractivity contribution in [2.24, 2.45) is 0 Å². The Bertz CT molecular complexity index is 704. The molecule has 2 rings (SSSR count). The number of rotatable bonds is 6. The summed E-state index contributed by atoms with van der Waals surface area (Å²) < 4.78 is 6.59. The molecule has 1 amide bonds. The molecule has 1 aromatic carbocycles. The number of hydrogen-bond donors (Lipinski definition) is 2. The van der Waals surface area contributed by atoms with Crippen LogP contribution >= 0.6 is 23.4 Å². The molecule has 0 atom stereocenters. The Morgan fingerprint density at radius 1 is 1.48 bits per heavy atom. The second-order valence-electron chi connectivity index (χ2n) is 5.05. The molecule has 0 unspecified atom stereocenters. The van der Waals surface area contributed by atoms with Crippen LogP contribution < -0.4 is 15.9 Å². The van der Waals surface area contributed by atoms with Crippen LogP contribution in [0.2, 0.25) is 5.02 Å². The third-order valence-corrected chi connectivity index (χ3v) is 4.15.